The van der Waals surface area contributed by atoms with Crippen molar-refractivity contribution in [3.63, 3.8) is 0 Å². The molecule has 0 radical (unpaired) electrons. The number of aromatic nitrogens is 2. The molecule has 2 aromatic heterocycles. The van der Waals surface area contributed by atoms with Crippen LogP contribution in [0.15, 0.2) is 54.7 Å². The number of hydrogen-bond acceptors (Lipinski definition) is 5. The highest BCUT2D eigenvalue weighted by molar-refractivity contribution is 6.08. The van der Waals surface area contributed by atoms with Gasteiger partial charge in [-0.05, 0) is 49.2 Å². The number of aromatic amines is 1. The molecule has 4 rings (SSSR count). The maximum Gasteiger partial charge on any atom is 0.252 e. The lowest BCUT2D eigenvalue weighted by Gasteiger charge is -2.21. The van der Waals surface area contributed by atoms with E-state index in [1.165, 1.54) is 17.3 Å². The summed E-state index contributed by atoms with van der Waals surface area (Å²) < 4.78 is 0. The van der Waals surface area contributed by atoms with Gasteiger partial charge in [0, 0.05) is 36.1 Å². The molecule has 0 aliphatic heterocycles. The number of nitrogens with zero attached hydrogens (tertiary/aromatic N) is 2. The number of hydrogen-bond donors (Lipinski definition) is 4. The van der Waals surface area contributed by atoms with Gasteiger partial charge in [-0.15, -0.1) is 0 Å². The zero-order chi connectivity index (χ0) is 24.2. The molecular weight excluding hydrogens is 426 g/mol. The Hall–Kier alpha value is -3.68. The molecule has 0 saturated carbocycles. The number of anilines is 2. The second-order valence-electron chi connectivity index (χ2n) is 8.61. The largest absolute Gasteiger partial charge is 0.395 e. The number of H-pyrrole nitrogens is 1. The molecule has 0 fully saturated rings. The number of pyridine rings is 1. The van der Waals surface area contributed by atoms with Crippen LogP contribution in [0.3, 0.4) is 0 Å². The molecule has 7 heteroatoms. The number of carbonyl (C=O) groups is 1. The Bertz CT molecular complexity index is 1310. The molecule has 5 N–H and O–H groups in total. The van der Waals surface area contributed by atoms with Crippen molar-refractivity contribution in [1.82, 2.24) is 14.9 Å². The average Bonchev–Trinajstić information content (AvgIpc) is 3.25. The van der Waals surface area contributed by atoms with Crippen LogP contribution in [0.25, 0.3) is 22.3 Å². The normalized spacial score (nSPS) is 11.3. The Balaban J connectivity index is 1.80. The number of aryl methyl sites for hydroxylation is 1. The SMILES string of the molecule is CCc1c(CN(C)CCO)cccc1Nc1c(C(N)=O)cnc2[nH]c(-c3ccc(C)cc3)cc12. The number of fused-ring (bicyclic) bond motifs is 1. The second-order valence-corrected chi connectivity index (χ2v) is 8.61. The summed E-state index contributed by atoms with van der Waals surface area (Å²) in [6.07, 6.45) is 2.33. The summed E-state index contributed by atoms with van der Waals surface area (Å²) in [5.41, 5.74) is 13.8. The van der Waals surface area contributed by atoms with E-state index in [-0.39, 0.29) is 6.61 Å². The topological polar surface area (TPSA) is 107 Å². The molecule has 4 aromatic rings. The van der Waals surface area contributed by atoms with Gasteiger partial charge in [-0.3, -0.25) is 9.69 Å². The minimum Gasteiger partial charge on any atom is -0.395 e. The minimum absolute atomic E-state index is 0.115. The quantitative estimate of drug-likeness (QED) is 0.299. The highest BCUT2D eigenvalue weighted by Gasteiger charge is 2.18. The van der Waals surface area contributed by atoms with Gasteiger partial charge in [-0.25, -0.2) is 4.98 Å². The van der Waals surface area contributed by atoms with Crippen molar-refractivity contribution >= 4 is 28.3 Å². The van der Waals surface area contributed by atoms with Crippen LogP contribution >= 0.6 is 0 Å². The van der Waals surface area contributed by atoms with Gasteiger partial charge in [-0.1, -0.05) is 48.9 Å². The molecule has 0 bridgehead atoms. The highest BCUT2D eigenvalue weighted by Crippen LogP contribution is 2.34. The predicted molar refractivity (Wildman–Crippen MR) is 137 cm³/mol. The van der Waals surface area contributed by atoms with Crippen LogP contribution in [0.1, 0.15) is 34.0 Å². The molecule has 0 saturated heterocycles. The number of nitrogens with two attached hydrogens (primary N) is 1. The number of aliphatic hydroxyl groups excluding tert-OH is 1. The van der Waals surface area contributed by atoms with E-state index in [9.17, 15) is 9.90 Å². The van der Waals surface area contributed by atoms with Gasteiger partial charge in [-0.2, -0.15) is 0 Å². The highest BCUT2D eigenvalue weighted by atomic mass is 16.3. The van der Waals surface area contributed by atoms with Crippen molar-refractivity contribution in [1.29, 1.82) is 0 Å². The maximum atomic E-state index is 12.3. The summed E-state index contributed by atoms with van der Waals surface area (Å²) in [5, 5.41) is 13.6. The van der Waals surface area contributed by atoms with E-state index in [4.69, 9.17) is 5.73 Å². The first-order chi connectivity index (χ1) is 16.4. The first kappa shape index (κ1) is 23.5. The van der Waals surface area contributed by atoms with E-state index in [1.54, 1.807) is 0 Å². The fourth-order valence-corrected chi connectivity index (χ4v) is 4.28. The summed E-state index contributed by atoms with van der Waals surface area (Å²) in [5.74, 6) is -0.535. The van der Waals surface area contributed by atoms with Crippen LogP contribution in [0.4, 0.5) is 11.4 Å². The first-order valence-electron chi connectivity index (χ1n) is 11.5. The summed E-state index contributed by atoms with van der Waals surface area (Å²) in [7, 11) is 1.99. The van der Waals surface area contributed by atoms with Crippen molar-refractivity contribution in [3.8, 4) is 11.3 Å². The molecule has 0 atom stereocenters. The fourth-order valence-electron chi connectivity index (χ4n) is 4.28. The Labute approximate surface area is 199 Å². The third-order valence-corrected chi connectivity index (χ3v) is 6.09. The van der Waals surface area contributed by atoms with Gasteiger partial charge >= 0.3 is 0 Å². The van der Waals surface area contributed by atoms with Crippen molar-refractivity contribution < 1.29 is 9.90 Å². The lowest BCUT2D eigenvalue weighted by Crippen LogP contribution is -2.22. The number of primary amides is 1. The van der Waals surface area contributed by atoms with E-state index in [0.29, 0.717) is 23.4 Å². The molecule has 176 valence electrons. The number of aliphatic hydroxyl groups is 1. The van der Waals surface area contributed by atoms with E-state index in [0.717, 1.165) is 40.9 Å². The second kappa shape index (κ2) is 10.1. The Kier molecular flexibility index (Phi) is 6.95. The molecule has 2 heterocycles. The van der Waals surface area contributed by atoms with Crippen LogP contribution in [0.2, 0.25) is 0 Å². The molecular formula is C27H31N5O2. The third-order valence-electron chi connectivity index (χ3n) is 6.09. The fraction of sp³-hybridized carbons (Fsp3) is 0.259. The average molecular weight is 458 g/mol. The maximum absolute atomic E-state index is 12.3. The van der Waals surface area contributed by atoms with Gasteiger partial charge in [0.15, 0.2) is 0 Å². The van der Waals surface area contributed by atoms with Crippen LogP contribution in [0.5, 0.6) is 0 Å². The predicted octanol–water partition coefficient (Wildman–Crippen LogP) is 4.37. The molecule has 0 spiro atoms. The molecule has 34 heavy (non-hydrogen) atoms. The molecule has 0 aliphatic carbocycles. The lowest BCUT2D eigenvalue weighted by molar-refractivity contribution is 0.100. The van der Waals surface area contributed by atoms with E-state index >= 15 is 0 Å². The molecule has 0 unspecified atom stereocenters. The molecule has 0 aliphatic rings. The van der Waals surface area contributed by atoms with Gasteiger partial charge < -0.3 is 21.1 Å². The first-order valence-corrected chi connectivity index (χ1v) is 11.5. The third kappa shape index (κ3) is 4.81. The van der Waals surface area contributed by atoms with Crippen LogP contribution in [-0.2, 0) is 13.0 Å². The summed E-state index contributed by atoms with van der Waals surface area (Å²) >= 11 is 0. The summed E-state index contributed by atoms with van der Waals surface area (Å²) in [6.45, 7) is 5.60. The monoisotopic (exact) mass is 457 g/mol. The molecule has 2 aromatic carbocycles. The number of amides is 1. The van der Waals surface area contributed by atoms with Gasteiger partial charge in [0.05, 0.1) is 17.9 Å². The Morgan fingerprint density at radius 2 is 1.97 bits per heavy atom. The minimum atomic E-state index is -0.535. The van der Waals surface area contributed by atoms with Crippen LogP contribution in [-0.4, -0.2) is 46.1 Å². The Morgan fingerprint density at radius 3 is 2.65 bits per heavy atom. The van der Waals surface area contributed by atoms with E-state index < -0.39 is 5.91 Å². The summed E-state index contributed by atoms with van der Waals surface area (Å²) in [4.78, 5) is 22.2. The standard InChI is InChI=1S/C27H31N5O2/c1-4-20-19(16-32(3)12-13-33)6-5-7-23(20)30-25-21-14-24(18-10-8-17(2)9-11-18)31-27(21)29-15-22(25)26(28)34/h5-11,14-15,33H,4,12-13,16H2,1-3H3,(H2,28,34)(H2,29,30,31). The van der Waals surface area contributed by atoms with Crippen molar-refractivity contribution in [3.05, 3.63) is 77.0 Å². The molecule has 1 amide bonds. The van der Waals surface area contributed by atoms with E-state index in [2.05, 4.69) is 64.4 Å². The van der Waals surface area contributed by atoms with E-state index in [1.807, 2.05) is 25.2 Å². The van der Waals surface area contributed by atoms with Crippen LogP contribution in [0, 0.1) is 6.92 Å². The number of likely N-dealkylation sites (N-methyl/N-ethyl adjacent to an activating group) is 1. The van der Waals surface area contributed by atoms with Crippen LogP contribution < -0.4 is 11.1 Å². The van der Waals surface area contributed by atoms with Crippen molar-refractivity contribution in [2.24, 2.45) is 5.73 Å². The number of carbonyl (C=O) groups excluding carboxylic acids is 1. The summed E-state index contributed by atoms with van der Waals surface area (Å²) in [6, 6.07) is 16.4. The van der Waals surface area contributed by atoms with Gasteiger partial charge in [0.1, 0.15) is 5.65 Å². The van der Waals surface area contributed by atoms with Gasteiger partial charge in [0.2, 0.25) is 0 Å². The number of nitrogens with one attached hydrogen (secondary N) is 2. The Morgan fingerprint density at radius 1 is 1.21 bits per heavy atom. The van der Waals surface area contributed by atoms with Gasteiger partial charge in [0.25, 0.3) is 5.91 Å². The zero-order valence-electron chi connectivity index (χ0n) is 19.9. The van der Waals surface area contributed by atoms with Crippen molar-refractivity contribution in [2.75, 3.05) is 25.5 Å². The number of rotatable bonds is 9. The van der Waals surface area contributed by atoms with Crippen molar-refractivity contribution in [2.45, 2.75) is 26.8 Å². The lowest BCUT2D eigenvalue weighted by atomic mass is 10.0. The smallest absolute Gasteiger partial charge is 0.252 e. The number of benzene rings is 2. The molecule has 7 nitrogen and oxygen atoms in total. The zero-order valence-corrected chi connectivity index (χ0v) is 19.9.